The number of anilines is 4. The van der Waals surface area contributed by atoms with Crippen LogP contribution in [0.2, 0.25) is 0 Å². The molecule has 0 aliphatic carbocycles. The van der Waals surface area contributed by atoms with Gasteiger partial charge in [0.05, 0.1) is 5.39 Å². The number of amides is 1. The highest BCUT2D eigenvalue weighted by atomic mass is 35.5. The first-order valence-electron chi connectivity index (χ1n) is 11.4. The van der Waals surface area contributed by atoms with E-state index in [1.165, 1.54) is 5.69 Å². The molecule has 35 heavy (non-hydrogen) atoms. The van der Waals surface area contributed by atoms with E-state index in [0.29, 0.717) is 28.9 Å². The van der Waals surface area contributed by atoms with Crippen LogP contribution in [-0.4, -0.2) is 64.9 Å². The number of H-pyrrole nitrogens is 1. The number of piperazine rings is 1. The van der Waals surface area contributed by atoms with Gasteiger partial charge in [0.15, 0.2) is 0 Å². The van der Waals surface area contributed by atoms with Crippen LogP contribution in [0.5, 0.6) is 11.6 Å². The summed E-state index contributed by atoms with van der Waals surface area (Å²) in [5, 5.41) is 6.74. The van der Waals surface area contributed by atoms with Crippen molar-refractivity contribution in [3.05, 3.63) is 60.8 Å². The number of nitrogens with zero attached hydrogens (tertiary/aromatic N) is 4. The minimum absolute atomic E-state index is 0.0982. The maximum absolute atomic E-state index is 11.5. The van der Waals surface area contributed by atoms with E-state index in [1.807, 2.05) is 18.2 Å². The SMILES string of the molecule is CN1CCN(c2ccc(Nc3nc(Oc4ccc(NC(=O)CCl)cc4)c4cc[nH]c4n3)cc2)CC1. The number of halogens is 1. The average molecular weight is 492 g/mol. The Hall–Kier alpha value is -3.82. The Balaban J connectivity index is 1.31. The van der Waals surface area contributed by atoms with Crippen molar-refractivity contribution in [1.82, 2.24) is 19.9 Å². The maximum Gasteiger partial charge on any atom is 0.239 e. The zero-order valence-corrected chi connectivity index (χ0v) is 20.0. The number of fused-ring (bicyclic) bond motifs is 1. The summed E-state index contributed by atoms with van der Waals surface area (Å²) in [6.45, 7) is 4.18. The number of hydrogen-bond donors (Lipinski definition) is 3. The van der Waals surface area contributed by atoms with Crippen molar-refractivity contribution in [3.8, 4) is 11.6 Å². The van der Waals surface area contributed by atoms with Gasteiger partial charge in [-0.05, 0) is 61.6 Å². The molecule has 0 bridgehead atoms. The van der Waals surface area contributed by atoms with Crippen molar-refractivity contribution in [2.75, 3.05) is 54.6 Å². The lowest BCUT2D eigenvalue weighted by Gasteiger charge is -2.34. The summed E-state index contributed by atoms with van der Waals surface area (Å²) in [5.74, 6) is 1.06. The summed E-state index contributed by atoms with van der Waals surface area (Å²) in [6, 6.07) is 17.2. The topological polar surface area (TPSA) is 98.4 Å². The quantitative estimate of drug-likeness (QED) is 0.329. The van der Waals surface area contributed by atoms with Crippen molar-refractivity contribution < 1.29 is 9.53 Å². The Morgan fingerprint density at radius 2 is 1.71 bits per heavy atom. The second-order valence-corrected chi connectivity index (χ2v) is 8.63. The number of carbonyl (C=O) groups excluding carboxylic acids is 1. The van der Waals surface area contributed by atoms with Crippen LogP contribution in [0.15, 0.2) is 60.8 Å². The van der Waals surface area contributed by atoms with Crippen molar-refractivity contribution in [2.24, 2.45) is 0 Å². The lowest BCUT2D eigenvalue weighted by atomic mass is 10.2. The fraction of sp³-hybridized carbons (Fsp3) is 0.240. The Kier molecular flexibility index (Phi) is 6.69. The standard InChI is InChI=1S/C25H26ClN7O2/c1-32-12-14-33(15-13-32)19-6-2-18(3-7-19)29-25-30-23-21(10-11-27-23)24(31-25)35-20-8-4-17(5-9-20)28-22(34)16-26/h2-11H,12-16H2,1H3,(H,28,34)(H2,27,29,30,31). The van der Waals surface area contributed by atoms with Crippen LogP contribution in [0.4, 0.5) is 23.0 Å². The molecular formula is C25H26ClN7O2. The molecule has 0 atom stereocenters. The fourth-order valence-corrected chi connectivity index (χ4v) is 3.98. The van der Waals surface area contributed by atoms with Crippen LogP contribution in [-0.2, 0) is 4.79 Å². The third-order valence-electron chi connectivity index (χ3n) is 5.85. The molecule has 0 radical (unpaired) electrons. The molecule has 5 rings (SSSR count). The molecule has 0 spiro atoms. The van der Waals surface area contributed by atoms with Crippen LogP contribution >= 0.6 is 11.6 Å². The van der Waals surface area contributed by atoms with Gasteiger partial charge in [-0.1, -0.05) is 0 Å². The number of aromatic nitrogens is 3. The van der Waals surface area contributed by atoms with Crippen molar-refractivity contribution in [2.45, 2.75) is 0 Å². The molecule has 0 unspecified atom stereocenters. The first kappa shape index (κ1) is 22.9. The van der Waals surface area contributed by atoms with E-state index in [9.17, 15) is 4.79 Å². The van der Waals surface area contributed by atoms with Crippen molar-refractivity contribution in [3.63, 3.8) is 0 Å². The molecule has 1 aliphatic heterocycles. The van der Waals surface area contributed by atoms with E-state index in [2.05, 4.69) is 54.6 Å². The minimum Gasteiger partial charge on any atom is -0.438 e. The molecule has 0 saturated carbocycles. The molecular weight excluding hydrogens is 466 g/mol. The molecule has 2 aromatic carbocycles. The Labute approximate surface area is 208 Å². The summed E-state index contributed by atoms with van der Waals surface area (Å²) in [6.07, 6.45) is 1.80. The minimum atomic E-state index is -0.266. The number of alkyl halides is 1. The van der Waals surface area contributed by atoms with Crippen LogP contribution in [0.25, 0.3) is 11.0 Å². The van der Waals surface area contributed by atoms with Gasteiger partial charge in [-0.25, -0.2) is 0 Å². The highest BCUT2D eigenvalue weighted by Crippen LogP contribution is 2.30. The summed E-state index contributed by atoms with van der Waals surface area (Å²) in [4.78, 5) is 28.5. The molecule has 1 saturated heterocycles. The number of nitrogens with one attached hydrogen (secondary N) is 3. The highest BCUT2D eigenvalue weighted by molar-refractivity contribution is 6.29. The molecule has 2 aromatic heterocycles. The zero-order valence-electron chi connectivity index (χ0n) is 19.3. The lowest BCUT2D eigenvalue weighted by Crippen LogP contribution is -2.44. The molecule has 3 N–H and O–H groups in total. The van der Waals surface area contributed by atoms with Crippen LogP contribution in [0, 0.1) is 0 Å². The molecule has 3 heterocycles. The highest BCUT2D eigenvalue weighted by Gasteiger charge is 2.15. The molecule has 180 valence electrons. The number of carbonyl (C=O) groups is 1. The number of hydrogen-bond acceptors (Lipinski definition) is 7. The molecule has 1 aliphatic rings. The normalized spacial score (nSPS) is 14.2. The molecule has 10 heteroatoms. The average Bonchev–Trinajstić information content (AvgIpc) is 3.35. The Morgan fingerprint density at radius 1 is 1.00 bits per heavy atom. The van der Waals surface area contributed by atoms with Gasteiger partial charge in [0.2, 0.25) is 17.7 Å². The van der Waals surface area contributed by atoms with E-state index in [-0.39, 0.29) is 11.8 Å². The van der Waals surface area contributed by atoms with Crippen LogP contribution < -0.4 is 20.3 Å². The van der Waals surface area contributed by atoms with Gasteiger partial charge in [-0.3, -0.25) is 4.79 Å². The second-order valence-electron chi connectivity index (χ2n) is 8.36. The predicted octanol–water partition coefficient (Wildman–Crippen LogP) is 4.42. The Morgan fingerprint density at radius 3 is 2.43 bits per heavy atom. The van der Waals surface area contributed by atoms with Gasteiger partial charge in [0.1, 0.15) is 17.3 Å². The largest absolute Gasteiger partial charge is 0.438 e. The van der Waals surface area contributed by atoms with Gasteiger partial charge in [0, 0.05) is 49.4 Å². The van der Waals surface area contributed by atoms with Gasteiger partial charge in [-0.15, -0.1) is 11.6 Å². The lowest BCUT2D eigenvalue weighted by molar-refractivity contribution is -0.113. The smallest absolute Gasteiger partial charge is 0.239 e. The van der Waals surface area contributed by atoms with Crippen LogP contribution in [0.3, 0.4) is 0 Å². The molecule has 4 aromatic rings. The third-order valence-corrected chi connectivity index (χ3v) is 6.09. The maximum atomic E-state index is 11.5. The Bertz CT molecular complexity index is 1300. The van der Waals surface area contributed by atoms with Gasteiger partial charge >= 0.3 is 0 Å². The first-order valence-corrected chi connectivity index (χ1v) is 11.9. The van der Waals surface area contributed by atoms with Gasteiger partial charge < -0.3 is 30.2 Å². The third kappa shape index (κ3) is 5.47. The van der Waals surface area contributed by atoms with E-state index in [0.717, 1.165) is 37.3 Å². The number of ether oxygens (including phenoxy) is 1. The van der Waals surface area contributed by atoms with Gasteiger partial charge in [-0.2, -0.15) is 9.97 Å². The number of benzene rings is 2. The number of aromatic amines is 1. The summed E-state index contributed by atoms with van der Waals surface area (Å²) in [7, 11) is 2.15. The first-order chi connectivity index (χ1) is 17.1. The summed E-state index contributed by atoms with van der Waals surface area (Å²) in [5.41, 5.74) is 3.40. The fourth-order valence-electron chi connectivity index (χ4n) is 3.91. The predicted molar refractivity (Wildman–Crippen MR) is 139 cm³/mol. The molecule has 1 amide bonds. The monoisotopic (exact) mass is 491 g/mol. The number of rotatable bonds is 7. The van der Waals surface area contributed by atoms with Crippen molar-refractivity contribution >= 4 is 51.6 Å². The zero-order chi connectivity index (χ0) is 24.2. The molecule has 9 nitrogen and oxygen atoms in total. The summed E-state index contributed by atoms with van der Waals surface area (Å²) < 4.78 is 6.06. The summed E-state index contributed by atoms with van der Waals surface area (Å²) >= 11 is 5.54. The van der Waals surface area contributed by atoms with Crippen LogP contribution in [0.1, 0.15) is 0 Å². The van der Waals surface area contributed by atoms with E-state index >= 15 is 0 Å². The van der Waals surface area contributed by atoms with Crippen molar-refractivity contribution in [1.29, 1.82) is 0 Å². The van der Waals surface area contributed by atoms with E-state index < -0.39 is 0 Å². The van der Waals surface area contributed by atoms with E-state index in [1.54, 1.807) is 30.5 Å². The second kappa shape index (κ2) is 10.2. The number of likely N-dealkylation sites (N-methyl/N-ethyl adjacent to an activating group) is 1. The van der Waals surface area contributed by atoms with E-state index in [4.69, 9.17) is 16.3 Å². The van der Waals surface area contributed by atoms with Gasteiger partial charge in [0.25, 0.3) is 0 Å². The molecule has 1 fully saturated rings.